The zero-order chi connectivity index (χ0) is 17.9. The highest BCUT2D eigenvalue weighted by Crippen LogP contribution is 2.17. The highest BCUT2D eigenvalue weighted by atomic mass is 19.1. The molecule has 0 spiro atoms. The maximum absolute atomic E-state index is 13.8. The molecular formula is C15H15F2N3O4. The number of Topliss-reactive ketones (excluding diaryl/α,β-unsaturated/α-hetero) is 1. The number of aliphatic hydroxyl groups excluding tert-OH is 1. The summed E-state index contributed by atoms with van der Waals surface area (Å²) in [4.78, 5) is 25.9. The molecule has 9 heteroatoms. The van der Waals surface area contributed by atoms with Gasteiger partial charge in [0.15, 0.2) is 5.78 Å². The van der Waals surface area contributed by atoms with E-state index in [0.717, 1.165) is 11.0 Å². The van der Waals surface area contributed by atoms with E-state index in [1.807, 2.05) is 0 Å². The monoisotopic (exact) mass is 339 g/mol. The number of hydrogen-bond donors (Lipinski definition) is 2. The molecule has 0 unspecified atom stereocenters. The second-order valence-electron chi connectivity index (χ2n) is 5.38. The van der Waals surface area contributed by atoms with Gasteiger partial charge in [0.1, 0.15) is 17.7 Å². The summed E-state index contributed by atoms with van der Waals surface area (Å²) in [7, 11) is 0. The lowest BCUT2D eigenvalue weighted by atomic mass is 10.0. The maximum atomic E-state index is 13.8. The summed E-state index contributed by atoms with van der Waals surface area (Å²) in [5.74, 6) is -2.79. The number of nitrogens with zero attached hydrogens (tertiary/aromatic N) is 3. The molecule has 1 aromatic carbocycles. The van der Waals surface area contributed by atoms with Crippen molar-refractivity contribution in [1.82, 2.24) is 9.80 Å². The lowest BCUT2D eigenvalue weighted by Gasteiger charge is -2.39. The summed E-state index contributed by atoms with van der Waals surface area (Å²) in [6.45, 7) is -0.279. The van der Waals surface area contributed by atoms with Crippen LogP contribution in [0.3, 0.4) is 0 Å². The zero-order valence-electron chi connectivity index (χ0n) is 12.6. The lowest BCUT2D eigenvalue weighted by Crippen LogP contribution is -2.56. The number of benzene rings is 1. The summed E-state index contributed by atoms with van der Waals surface area (Å²) < 4.78 is 27.1. The van der Waals surface area contributed by atoms with Crippen LogP contribution in [0.25, 0.3) is 0 Å². The summed E-state index contributed by atoms with van der Waals surface area (Å²) >= 11 is 0. The van der Waals surface area contributed by atoms with Gasteiger partial charge in [-0.05, 0) is 6.07 Å². The average molecular weight is 339 g/mol. The molecule has 1 aromatic rings. The Kier molecular flexibility index (Phi) is 5.43. The molecule has 24 heavy (non-hydrogen) atoms. The Morgan fingerprint density at radius 2 is 2.00 bits per heavy atom. The number of ketones is 1. The Balaban J connectivity index is 2.15. The minimum atomic E-state index is -1.12. The number of aliphatic hydroxyl groups is 1. The Bertz CT molecular complexity index is 705. The summed E-state index contributed by atoms with van der Waals surface area (Å²) in [5.41, 5.74) is -0.848. The van der Waals surface area contributed by atoms with Crippen LogP contribution in [0.5, 0.6) is 0 Å². The molecule has 0 radical (unpaired) electrons. The Morgan fingerprint density at radius 1 is 1.29 bits per heavy atom. The van der Waals surface area contributed by atoms with Gasteiger partial charge in [-0.15, -0.1) is 0 Å². The molecule has 1 saturated heterocycles. The summed E-state index contributed by atoms with van der Waals surface area (Å²) in [6.07, 6.45) is -1.12. The van der Waals surface area contributed by atoms with Crippen molar-refractivity contribution < 1.29 is 28.6 Å². The average Bonchev–Trinajstić information content (AvgIpc) is 2.55. The molecule has 128 valence electrons. The number of carbonyl (C=O) groups excluding carboxylic acids is 1. The van der Waals surface area contributed by atoms with Crippen molar-refractivity contribution in [2.24, 2.45) is 0 Å². The second-order valence-corrected chi connectivity index (χ2v) is 5.38. The minimum absolute atomic E-state index is 0.0223. The van der Waals surface area contributed by atoms with Gasteiger partial charge in [-0.2, -0.15) is 5.26 Å². The van der Waals surface area contributed by atoms with Gasteiger partial charge >= 0.3 is 6.09 Å². The van der Waals surface area contributed by atoms with Gasteiger partial charge in [0.25, 0.3) is 0 Å². The zero-order valence-corrected chi connectivity index (χ0v) is 12.6. The molecule has 0 bridgehead atoms. The number of carboxylic acid groups (broad SMARTS) is 1. The quantitative estimate of drug-likeness (QED) is 0.782. The number of nitriles is 1. The van der Waals surface area contributed by atoms with Crippen molar-refractivity contribution in [2.45, 2.75) is 6.04 Å². The number of rotatable bonds is 4. The van der Waals surface area contributed by atoms with Crippen LogP contribution in [0.2, 0.25) is 0 Å². The minimum Gasteiger partial charge on any atom is -0.465 e. The van der Waals surface area contributed by atoms with E-state index < -0.39 is 40.7 Å². The van der Waals surface area contributed by atoms with E-state index >= 15 is 0 Å². The Morgan fingerprint density at radius 3 is 2.58 bits per heavy atom. The molecule has 0 aromatic heterocycles. The fraction of sp³-hybridized carbons (Fsp3) is 0.400. The number of amides is 1. The predicted octanol–water partition coefficient (Wildman–Crippen LogP) is 0.676. The number of piperazine rings is 1. The largest absolute Gasteiger partial charge is 0.465 e. The van der Waals surface area contributed by atoms with Crippen molar-refractivity contribution in [3.8, 4) is 6.07 Å². The van der Waals surface area contributed by atoms with Gasteiger partial charge in [-0.25, -0.2) is 13.6 Å². The van der Waals surface area contributed by atoms with Crippen LogP contribution in [0.1, 0.15) is 15.9 Å². The van der Waals surface area contributed by atoms with Crippen molar-refractivity contribution in [3.63, 3.8) is 0 Å². The van der Waals surface area contributed by atoms with Crippen LogP contribution in [0.15, 0.2) is 12.1 Å². The van der Waals surface area contributed by atoms with Crippen LogP contribution < -0.4 is 0 Å². The molecule has 1 amide bonds. The molecule has 2 N–H and O–H groups in total. The third-order valence-corrected chi connectivity index (χ3v) is 3.91. The van der Waals surface area contributed by atoms with Gasteiger partial charge in [-0.3, -0.25) is 9.69 Å². The van der Waals surface area contributed by atoms with Gasteiger partial charge in [-0.1, -0.05) is 0 Å². The van der Waals surface area contributed by atoms with Crippen LogP contribution in [-0.2, 0) is 0 Å². The first kappa shape index (κ1) is 17.8. The summed E-state index contributed by atoms with van der Waals surface area (Å²) in [6, 6.07) is 2.28. The number of carbonyl (C=O) groups is 2. The van der Waals surface area contributed by atoms with Crippen LogP contribution in [-0.4, -0.2) is 70.7 Å². The fourth-order valence-electron chi connectivity index (χ4n) is 2.57. The molecule has 2 rings (SSSR count). The molecule has 1 heterocycles. The van der Waals surface area contributed by atoms with E-state index in [4.69, 9.17) is 10.4 Å². The van der Waals surface area contributed by atoms with Gasteiger partial charge in [0.2, 0.25) is 0 Å². The van der Waals surface area contributed by atoms with Gasteiger partial charge < -0.3 is 15.1 Å². The lowest BCUT2D eigenvalue weighted by molar-refractivity contribution is 0.0400. The SMILES string of the molecule is N#Cc1cc(C(=O)CN2CCN(C(=O)O)C[C@H]2CO)c(F)cc1F. The van der Waals surface area contributed by atoms with Crippen molar-refractivity contribution >= 4 is 11.9 Å². The van der Waals surface area contributed by atoms with E-state index in [0.29, 0.717) is 6.07 Å². The first-order valence-corrected chi connectivity index (χ1v) is 7.12. The molecule has 1 aliphatic heterocycles. The first-order valence-electron chi connectivity index (χ1n) is 7.12. The first-order chi connectivity index (χ1) is 11.4. The molecular weight excluding hydrogens is 324 g/mol. The van der Waals surface area contributed by atoms with Crippen LogP contribution >= 0.6 is 0 Å². The highest BCUT2D eigenvalue weighted by molar-refractivity contribution is 5.98. The third-order valence-electron chi connectivity index (χ3n) is 3.91. The molecule has 1 aliphatic rings. The molecule has 1 fully saturated rings. The molecule has 7 nitrogen and oxygen atoms in total. The highest BCUT2D eigenvalue weighted by Gasteiger charge is 2.31. The smallest absolute Gasteiger partial charge is 0.407 e. The van der Waals surface area contributed by atoms with E-state index in [-0.39, 0.29) is 32.8 Å². The normalized spacial score (nSPS) is 18.2. The van der Waals surface area contributed by atoms with Crippen LogP contribution in [0, 0.1) is 23.0 Å². The Hall–Kier alpha value is -2.57. The van der Waals surface area contributed by atoms with Crippen LogP contribution in [0.4, 0.5) is 13.6 Å². The maximum Gasteiger partial charge on any atom is 0.407 e. The van der Waals surface area contributed by atoms with Gasteiger partial charge in [0, 0.05) is 25.7 Å². The Labute approximate surface area is 136 Å². The topological polar surface area (TPSA) is 105 Å². The molecule has 1 atom stereocenters. The standard InChI is InChI=1S/C15H15F2N3O4/c16-12-4-13(17)11(3-9(12)5-18)14(22)7-19-1-2-20(15(23)24)6-10(19)8-21/h3-4,10,21H,1-2,6-8H2,(H,23,24)/t10-/m0/s1. The van der Waals surface area contributed by atoms with E-state index in [2.05, 4.69) is 0 Å². The fourth-order valence-corrected chi connectivity index (χ4v) is 2.57. The van der Waals surface area contributed by atoms with Gasteiger partial charge in [0.05, 0.1) is 30.3 Å². The van der Waals surface area contributed by atoms with Crippen molar-refractivity contribution in [2.75, 3.05) is 32.8 Å². The number of hydrogen-bond acceptors (Lipinski definition) is 5. The predicted molar refractivity (Wildman–Crippen MR) is 77.4 cm³/mol. The van der Waals surface area contributed by atoms with Crippen molar-refractivity contribution in [3.05, 3.63) is 34.9 Å². The molecule has 0 aliphatic carbocycles. The number of halogens is 2. The third kappa shape index (κ3) is 3.67. The summed E-state index contributed by atoms with van der Waals surface area (Å²) in [5, 5.41) is 27.1. The molecule has 0 saturated carbocycles. The van der Waals surface area contributed by atoms with E-state index in [1.165, 1.54) is 4.90 Å². The van der Waals surface area contributed by atoms with E-state index in [9.17, 15) is 23.5 Å². The van der Waals surface area contributed by atoms with Crippen molar-refractivity contribution in [1.29, 1.82) is 5.26 Å². The second kappa shape index (κ2) is 7.33. The van der Waals surface area contributed by atoms with E-state index in [1.54, 1.807) is 6.07 Å².